The van der Waals surface area contributed by atoms with E-state index < -0.39 is 17.8 Å². The number of anilines is 1. The van der Waals surface area contributed by atoms with Crippen molar-refractivity contribution in [1.29, 1.82) is 0 Å². The minimum Gasteiger partial charge on any atom is -0.389 e. The van der Waals surface area contributed by atoms with Gasteiger partial charge in [-0.15, -0.1) is 0 Å². The summed E-state index contributed by atoms with van der Waals surface area (Å²) in [7, 11) is 0. The summed E-state index contributed by atoms with van der Waals surface area (Å²) >= 11 is 0. The molecule has 1 N–H and O–H groups in total. The highest BCUT2D eigenvalue weighted by atomic mass is 19.4. The maximum atomic E-state index is 12.9. The first-order valence-corrected chi connectivity index (χ1v) is 10.8. The number of benzene rings is 1. The van der Waals surface area contributed by atoms with Crippen LogP contribution in [0.2, 0.25) is 0 Å². The number of piperazine rings is 1. The van der Waals surface area contributed by atoms with Crippen molar-refractivity contribution in [3.8, 4) is 0 Å². The molecular weight excluding hydrogens is 381 g/mol. The molecule has 3 fully saturated rings. The smallest absolute Gasteiger partial charge is 0.389 e. The van der Waals surface area contributed by atoms with Gasteiger partial charge < -0.3 is 14.7 Å². The van der Waals surface area contributed by atoms with Crippen LogP contribution in [0.4, 0.5) is 18.9 Å². The van der Waals surface area contributed by atoms with Crippen LogP contribution in [-0.2, 0) is 10.9 Å². The Labute approximate surface area is 170 Å². The lowest BCUT2D eigenvalue weighted by atomic mass is 9.90. The molecule has 0 radical (unpaired) electrons. The van der Waals surface area contributed by atoms with Crippen molar-refractivity contribution in [3.63, 3.8) is 0 Å². The number of rotatable bonds is 7. The molecule has 2 bridgehead atoms. The molecule has 162 valence electrons. The molecular formula is C22H31F3N2O2. The normalized spacial score (nSPS) is 28.8. The van der Waals surface area contributed by atoms with E-state index in [9.17, 15) is 18.3 Å². The van der Waals surface area contributed by atoms with Crippen molar-refractivity contribution >= 4 is 5.69 Å². The lowest BCUT2D eigenvalue weighted by Crippen LogP contribution is -2.49. The van der Waals surface area contributed by atoms with Crippen LogP contribution >= 0.6 is 0 Å². The lowest BCUT2D eigenvalue weighted by molar-refractivity contribution is -0.137. The Morgan fingerprint density at radius 3 is 2.55 bits per heavy atom. The van der Waals surface area contributed by atoms with Crippen LogP contribution in [0, 0.1) is 17.8 Å². The topological polar surface area (TPSA) is 35.9 Å². The summed E-state index contributed by atoms with van der Waals surface area (Å²) in [6, 6.07) is 5.51. The van der Waals surface area contributed by atoms with Crippen LogP contribution in [-0.4, -0.2) is 62.0 Å². The standard InChI is InChI=1S/C22H31F3N2O2/c23-22(24,25)19-2-1-3-20(12-19)27-8-6-26(7-9-27)13-21(28)15-29-14-18-11-16-4-5-17(18)10-16/h1-3,12,16-18,21,28H,4-11,13-15H2/t16-,17-,18-,21-/m1/s1. The number of fused-ring (bicyclic) bond motifs is 2. The summed E-state index contributed by atoms with van der Waals surface area (Å²) < 4.78 is 44.6. The Bertz CT molecular complexity index is 676. The first-order valence-electron chi connectivity index (χ1n) is 10.8. The number of hydrogen-bond donors (Lipinski definition) is 1. The van der Waals surface area contributed by atoms with Crippen LogP contribution in [0.15, 0.2) is 24.3 Å². The van der Waals surface area contributed by atoms with Crippen molar-refractivity contribution in [3.05, 3.63) is 29.8 Å². The maximum Gasteiger partial charge on any atom is 0.416 e. The van der Waals surface area contributed by atoms with Gasteiger partial charge in [0, 0.05) is 45.0 Å². The molecule has 0 amide bonds. The number of alkyl halides is 3. The van der Waals surface area contributed by atoms with Crippen LogP contribution in [0.5, 0.6) is 0 Å². The van der Waals surface area contributed by atoms with Crippen molar-refractivity contribution in [2.45, 2.75) is 38.0 Å². The summed E-state index contributed by atoms with van der Waals surface area (Å²) in [6.07, 6.45) is 0.548. The molecule has 0 spiro atoms. The third-order valence-electron chi connectivity index (χ3n) is 6.91. The molecule has 1 aliphatic heterocycles. The van der Waals surface area contributed by atoms with Gasteiger partial charge in [0.05, 0.1) is 18.3 Å². The summed E-state index contributed by atoms with van der Waals surface area (Å²) in [5.41, 5.74) is -0.00490. The molecule has 0 unspecified atom stereocenters. The highest BCUT2D eigenvalue weighted by Gasteiger charge is 2.39. The number of aliphatic hydroxyl groups is 1. The monoisotopic (exact) mass is 412 g/mol. The van der Waals surface area contributed by atoms with E-state index in [-0.39, 0.29) is 0 Å². The quantitative estimate of drug-likeness (QED) is 0.742. The van der Waals surface area contributed by atoms with Crippen molar-refractivity contribution < 1.29 is 23.0 Å². The Morgan fingerprint density at radius 1 is 1.10 bits per heavy atom. The van der Waals surface area contributed by atoms with Crippen molar-refractivity contribution in [1.82, 2.24) is 4.90 Å². The average Bonchev–Trinajstić information content (AvgIpc) is 3.31. The molecule has 1 heterocycles. The molecule has 1 aromatic rings. The minimum absolute atomic E-state index is 0.363. The third kappa shape index (κ3) is 5.25. The molecule has 4 atom stereocenters. The van der Waals surface area contributed by atoms with E-state index in [2.05, 4.69) is 4.90 Å². The van der Waals surface area contributed by atoms with E-state index >= 15 is 0 Å². The van der Waals surface area contributed by atoms with Crippen LogP contribution in [0.25, 0.3) is 0 Å². The van der Waals surface area contributed by atoms with Gasteiger partial charge >= 0.3 is 6.18 Å². The number of β-amino-alcohol motifs (C(OH)–C–C–N with tert-alkyl or cyclic N) is 1. The molecule has 3 aliphatic rings. The second-order valence-electron chi connectivity index (χ2n) is 8.96. The van der Waals surface area contributed by atoms with Gasteiger partial charge in [0.2, 0.25) is 0 Å². The van der Waals surface area contributed by atoms with Gasteiger partial charge in [-0.3, -0.25) is 4.90 Å². The Kier molecular flexibility index (Phi) is 6.37. The number of halogens is 3. The molecule has 29 heavy (non-hydrogen) atoms. The van der Waals surface area contributed by atoms with E-state index in [1.165, 1.54) is 37.8 Å². The fourth-order valence-corrected chi connectivity index (χ4v) is 5.35. The zero-order valence-electron chi connectivity index (χ0n) is 16.8. The maximum absolute atomic E-state index is 12.9. The summed E-state index contributed by atoms with van der Waals surface area (Å²) in [5.74, 6) is 2.42. The predicted molar refractivity (Wildman–Crippen MR) is 106 cm³/mol. The molecule has 4 nitrogen and oxygen atoms in total. The van der Waals surface area contributed by atoms with Gasteiger partial charge in [0.15, 0.2) is 0 Å². The number of aliphatic hydroxyl groups excluding tert-OH is 1. The van der Waals surface area contributed by atoms with Gasteiger partial charge in [-0.1, -0.05) is 12.5 Å². The van der Waals surface area contributed by atoms with Crippen LogP contribution in [0.3, 0.4) is 0 Å². The second-order valence-corrected chi connectivity index (χ2v) is 8.96. The fourth-order valence-electron chi connectivity index (χ4n) is 5.35. The molecule has 1 aromatic carbocycles. The molecule has 2 saturated carbocycles. The summed E-state index contributed by atoms with van der Waals surface area (Å²) in [4.78, 5) is 4.14. The molecule has 1 saturated heterocycles. The average molecular weight is 412 g/mol. The van der Waals surface area contributed by atoms with Crippen LogP contribution in [0.1, 0.15) is 31.2 Å². The third-order valence-corrected chi connectivity index (χ3v) is 6.91. The lowest BCUT2D eigenvalue weighted by Gasteiger charge is -2.37. The highest BCUT2D eigenvalue weighted by molar-refractivity contribution is 5.49. The van der Waals surface area contributed by atoms with Gasteiger partial charge in [-0.2, -0.15) is 13.2 Å². The molecule has 7 heteroatoms. The largest absolute Gasteiger partial charge is 0.416 e. The number of ether oxygens (including phenoxy) is 1. The van der Waals surface area contributed by atoms with E-state index in [1.807, 2.05) is 4.90 Å². The highest BCUT2D eigenvalue weighted by Crippen LogP contribution is 2.48. The molecule has 0 aromatic heterocycles. The van der Waals surface area contributed by atoms with Crippen LogP contribution < -0.4 is 4.90 Å². The SMILES string of the molecule is O[C@@H](COC[C@H]1C[C@@H]2CC[C@@H]1C2)CN1CCN(c2cccc(C(F)(F)F)c2)CC1. The van der Waals surface area contributed by atoms with Gasteiger partial charge in [0.25, 0.3) is 0 Å². The Hall–Kier alpha value is -1.31. The zero-order valence-corrected chi connectivity index (χ0v) is 16.8. The second kappa shape index (κ2) is 8.82. The zero-order chi connectivity index (χ0) is 20.4. The first kappa shape index (κ1) is 20.9. The van der Waals surface area contributed by atoms with Gasteiger partial charge in [-0.05, 0) is 55.2 Å². The Morgan fingerprint density at radius 2 is 1.90 bits per heavy atom. The Balaban J connectivity index is 1.17. The fraction of sp³-hybridized carbons (Fsp3) is 0.727. The molecule has 4 rings (SSSR count). The van der Waals surface area contributed by atoms with E-state index in [0.29, 0.717) is 37.8 Å². The van der Waals surface area contributed by atoms with E-state index in [1.54, 1.807) is 6.07 Å². The predicted octanol–water partition coefficient (Wildman–Crippen LogP) is 3.64. The van der Waals surface area contributed by atoms with Crippen molar-refractivity contribution in [2.75, 3.05) is 50.8 Å². The van der Waals surface area contributed by atoms with Gasteiger partial charge in [0.1, 0.15) is 0 Å². The van der Waals surface area contributed by atoms with Crippen molar-refractivity contribution in [2.24, 2.45) is 17.8 Å². The minimum atomic E-state index is -4.32. The van der Waals surface area contributed by atoms with Gasteiger partial charge in [-0.25, -0.2) is 0 Å². The first-order chi connectivity index (χ1) is 13.9. The van der Waals surface area contributed by atoms with E-state index in [4.69, 9.17) is 4.74 Å². The summed E-state index contributed by atoms with van der Waals surface area (Å²) in [5, 5.41) is 10.3. The number of hydrogen-bond acceptors (Lipinski definition) is 4. The summed E-state index contributed by atoms with van der Waals surface area (Å²) in [6.45, 7) is 4.43. The van der Waals surface area contributed by atoms with E-state index in [0.717, 1.165) is 37.6 Å². The molecule has 2 aliphatic carbocycles. The number of nitrogens with zero attached hydrogens (tertiary/aromatic N) is 2.